The van der Waals surface area contributed by atoms with Gasteiger partial charge in [0, 0.05) is 18.0 Å². The number of nitrogens with zero attached hydrogens (tertiary/aromatic N) is 2. The Bertz CT molecular complexity index is 1430. The number of carbonyl (C=O) groups excluding carboxylic acids is 1. The summed E-state index contributed by atoms with van der Waals surface area (Å²) in [5, 5.41) is 14.8. The Balaban J connectivity index is 1.14. The zero-order chi connectivity index (χ0) is 31.6. The molecule has 0 radical (unpaired) electrons. The van der Waals surface area contributed by atoms with E-state index in [1.54, 1.807) is 7.11 Å². The van der Waals surface area contributed by atoms with Gasteiger partial charge in [-0.15, -0.1) is 0 Å². The van der Waals surface area contributed by atoms with Crippen LogP contribution >= 0.6 is 0 Å². The second kappa shape index (κ2) is 13.3. The van der Waals surface area contributed by atoms with E-state index in [1.165, 1.54) is 10.8 Å². The van der Waals surface area contributed by atoms with Crippen molar-refractivity contribution in [1.82, 2.24) is 5.32 Å². The first-order valence-corrected chi connectivity index (χ1v) is 19.7. The SMILES string of the molecule is COc1ccc([Si](C)(C)[C@H]2[C@H](C)[C@H](CCc3ccc(N4CN(c5ccccc5)C5(CCNCC5)C4=O)cc3)O[C@@H]2CCO)cc1. The monoisotopic (exact) mass is 627 g/mol. The van der Waals surface area contributed by atoms with Crippen LogP contribution in [0.15, 0.2) is 78.9 Å². The average Bonchev–Trinajstić information content (AvgIpc) is 3.54. The highest BCUT2D eigenvalue weighted by molar-refractivity contribution is 6.91. The first kappa shape index (κ1) is 31.8. The summed E-state index contributed by atoms with van der Waals surface area (Å²) in [5.74, 6) is 1.49. The summed E-state index contributed by atoms with van der Waals surface area (Å²) >= 11 is 0. The zero-order valence-corrected chi connectivity index (χ0v) is 28.2. The maximum Gasteiger partial charge on any atom is 0.254 e. The van der Waals surface area contributed by atoms with E-state index in [0.29, 0.717) is 24.5 Å². The maximum atomic E-state index is 14.0. The molecule has 3 aliphatic rings. The molecule has 0 saturated carbocycles. The second-order valence-electron chi connectivity index (χ2n) is 13.7. The van der Waals surface area contributed by atoms with E-state index in [1.807, 2.05) is 11.0 Å². The first-order valence-electron chi connectivity index (χ1n) is 16.6. The summed E-state index contributed by atoms with van der Waals surface area (Å²) in [6.07, 6.45) is 4.36. The molecule has 3 heterocycles. The molecular weight excluding hydrogens is 579 g/mol. The molecule has 7 nitrogen and oxygen atoms in total. The number of nitrogens with one attached hydrogen (secondary N) is 1. The van der Waals surface area contributed by atoms with Crippen molar-refractivity contribution in [2.75, 3.05) is 43.3 Å². The molecule has 0 bridgehead atoms. The van der Waals surface area contributed by atoms with Gasteiger partial charge in [-0.3, -0.25) is 9.69 Å². The van der Waals surface area contributed by atoms with Crippen LogP contribution in [-0.4, -0.2) is 70.3 Å². The van der Waals surface area contributed by atoms with Crippen molar-refractivity contribution >= 4 is 30.5 Å². The highest BCUT2D eigenvalue weighted by Gasteiger charge is 2.53. The van der Waals surface area contributed by atoms with Crippen LogP contribution in [0.1, 0.15) is 38.2 Å². The fourth-order valence-electron chi connectivity index (χ4n) is 8.36. The molecule has 45 heavy (non-hydrogen) atoms. The van der Waals surface area contributed by atoms with Crippen molar-refractivity contribution in [1.29, 1.82) is 0 Å². The molecule has 1 amide bonds. The van der Waals surface area contributed by atoms with Crippen LogP contribution in [0.5, 0.6) is 5.75 Å². The van der Waals surface area contributed by atoms with Gasteiger partial charge in [0.05, 0.1) is 34.1 Å². The van der Waals surface area contributed by atoms with Gasteiger partial charge >= 0.3 is 0 Å². The number of rotatable bonds is 10. The number of para-hydroxylation sites is 1. The normalized spacial score (nSPS) is 24.9. The highest BCUT2D eigenvalue weighted by atomic mass is 28.3. The minimum Gasteiger partial charge on any atom is -0.497 e. The molecule has 0 unspecified atom stereocenters. The Morgan fingerprint density at radius 1 is 0.933 bits per heavy atom. The Morgan fingerprint density at radius 2 is 1.62 bits per heavy atom. The van der Waals surface area contributed by atoms with Crippen LogP contribution in [0.3, 0.4) is 0 Å². The molecule has 8 heteroatoms. The van der Waals surface area contributed by atoms with Crippen molar-refractivity contribution in [3.63, 3.8) is 0 Å². The predicted octanol–water partition coefficient (Wildman–Crippen LogP) is 5.33. The van der Waals surface area contributed by atoms with E-state index >= 15 is 0 Å². The van der Waals surface area contributed by atoms with Gasteiger partial charge in [0.15, 0.2) is 0 Å². The summed E-state index contributed by atoms with van der Waals surface area (Å²) < 4.78 is 12.1. The smallest absolute Gasteiger partial charge is 0.254 e. The van der Waals surface area contributed by atoms with Crippen LogP contribution in [0.2, 0.25) is 18.6 Å². The maximum absolute atomic E-state index is 14.0. The van der Waals surface area contributed by atoms with Gasteiger partial charge in [0.1, 0.15) is 11.3 Å². The number of carbonyl (C=O) groups is 1. The van der Waals surface area contributed by atoms with Gasteiger partial charge in [-0.05, 0) is 98.6 Å². The lowest BCUT2D eigenvalue weighted by Gasteiger charge is -2.39. The van der Waals surface area contributed by atoms with E-state index in [4.69, 9.17) is 9.47 Å². The van der Waals surface area contributed by atoms with Crippen molar-refractivity contribution in [2.45, 2.75) is 75.4 Å². The van der Waals surface area contributed by atoms with Gasteiger partial charge < -0.3 is 24.8 Å². The highest BCUT2D eigenvalue weighted by Crippen LogP contribution is 2.46. The van der Waals surface area contributed by atoms with Crippen LogP contribution in [0.25, 0.3) is 0 Å². The Labute approximate surface area is 269 Å². The lowest BCUT2D eigenvalue weighted by atomic mass is 9.86. The van der Waals surface area contributed by atoms with E-state index < -0.39 is 13.6 Å². The number of piperidine rings is 1. The molecule has 240 valence electrons. The number of aryl methyl sites for hydroxylation is 1. The number of hydrogen-bond donors (Lipinski definition) is 2. The molecule has 0 aliphatic carbocycles. The molecular formula is C37H49N3O4Si. The van der Waals surface area contributed by atoms with Gasteiger partial charge in [-0.25, -0.2) is 0 Å². The second-order valence-corrected chi connectivity index (χ2v) is 18.4. The molecule has 3 fully saturated rings. The Morgan fingerprint density at radius 3 is 2.27 bits per heavy atom. The van der Waals surface area contributed by atoms with Crippen molar-refractivity contribution in [3.8, 4) is 5.75 Å². The van der Waals surface area contributed by atoms with Gasteiger partial charge in [-0.1, -0.05) is 67.7 Å². The third-order valence-electron chi connectivity index (χ3n) is 10.9. The molecule has 1 spiro atoms. The number of ether oxygens (including phenoxy) is 2. The third-order valence-corrected chi connectivity index (χ3v) is 15.3. The molecule has 6 rings (SSSR count). The quantitative estimate of drug-likeness (QED) is 0.296. The fraction of sp³-hybridized carbons (Fsp3) is 0.486. The van der Waals surface area contributed by atoms with E-state index in [0.717, 1.165) is 55.9 Å². The average molecular weight is 628 g/mol. The van der Waals surface area contributed by atoms with Gasteiger partial charge in [0.2, 0.25) is 0 Å². The number of aliphatic hydroxyl groups is 1. The van der Waals surface area contributed by atoms with Gasteiger partial charge in [-0.2, -0.15) is 0 Å². The standard InChI is InChI=1S/C37H49N3O4Si/c1-27-33(44-34(20-25-41)35(27)45(3,4)32-17-15-31(43-2)16-18-32)19-12-28-10-13-29(14-11-28)39-26-40(30-8-6-5-7-9-30)37(36(39)42)21-23-38-24-22-37/h5-11,13-18,27,33-35,38,41H,12,19-26H2,1-4H3/t27-,33+,34-,35+/m1/s1. The number of aliphatic hydroxyl groups excluding tert-OH is 1. The first-order chi connectivity index (χ1) is 21.8. The molecule has 3 aromatic carbocycles. The zero-order valence-electron chi connectivity index (χ0n) is 27.2. The van der Waals surface area contributed by atoms with Crippen LogP contribution < -0.4 is 25.0 Å². The van der Waals surface area contributed by atoms with E-state index in [2.05, 4.69) is 103 Å². The van der Waals surface area contributed by atoms with Gasteiger partial charge in [0.25, 0.3) is 5.91 Å². The summed E-state index contributed by atoms with van der Waals surface area (Å²) in [7, 11) is -0.205. The summed E-state index contributed by atoms with van der Waals surface area (Å²) in [5.41, 5.74) is 3.24. The van der Waals surface area contributed by atoms with E-state index in [-0.39, 0.29) is 24.7 Å². The number of anilines is 2. The fourth-order valence-corrected chi connectivity index (χ4v) is 12.5. The summed E-state index contributed by atoms with van der Waals surface area (Å²) in [6, 6.07) is 27.5. The lowest BCUT2D eigenvalue weighted by Crippen LogP contribution is -2.55. The summed E-state index contributed by atoms with van der Waals surface area (Å²) in [6.45, 7) is 9.64. The van der Waals surface area contributed by atoms with Crippen molar-refractivity contribution in [2.24, 2.45) is 5.92 Å². The summed E-state index contributed by atoms with van der Waals surface area (Å²) in [4.78, 5) is 18.3. The van der Waals surface area contributed by atoms with Crippen LogP contribution in [0, 0.1) is 5.92 Å². The van der Waals surface area contributed by atoms with Crippen LogP contribution in [0.4, 0.5) is 11.4 Å². The van der Waals surface area contributed by atoms with Crippen molar-refractivity contribution in [3.05, 3.63) is 84.4 Å². The number of benzene rings is 3. The van der Waals surface area contributed by atoms with E-state index in [9.17, 15) is 9.90 Å². The molecule has 3 saturated heterocycles. The Kier molecular flexibility index (Phi) is 9.38. The molecule has 3 aromatic rings. The minimum atomic E-state index is -1.91. The minimum absolute atomic E-state index is 0.0668. The molecule has 0 aromatic heterocycles. The van der Waals surface area contributed by atoms with Crippen molar-refractivity contribution < 1.29 is 19.4 Å². The largest absolute Gasteiger partial charge is 0.497 e. The lowest BCUT2D eigenvalue weighted by molar-refractivity contribution is -0.122. The Hall–Kier alpha value is -3.17. The number of methoxy groups -OCH3 is 1. The van der Waals surface area contributed by atoms with Crippen LogP contribution in [-0.2, 0) is 16.0 Å². The molecule has 2 N–H and O–H groups in total. The predicted molar refractivity (Wildman–Crippen MR) is 184 cm³/mol. The third kappa shape index (κ3) is 6.05. The number of hydrogen-bond acceptors (Lipinski definition) is 6. The number of amides is 1. The molecule has 4 atom stereocenters. The molecule has 3 aliphatic heterocycles. The topological polar surface area (TPSA) is 74.3 Å².